The monoisotopic (exact) mass is 253 g/mol. The van der Waals surface area contributed by atoms with E-state index in [1.165, 1.54) is 6.26 Å². The lowest BCUT2D eigenvalue weighted by Crippen LogP contribution is -2.43. The summed E-state index contributed by atoms with van der Waals surface area (Å²) in [6.45, 7) is 2.56. The summed E-state index contributed by atoms with van der Waals surface area (Å²) in [6.07, 6.45) is 3.58. The van der Waals surface area contributed by atoms with Gasteiger partial charge in [0.1, 0.15) is 0 Å². The van der Waals surface area contributed by atoms with E-state index in [-0.39, 0.29) is 12.0 Å². The second-order valence-corrected chi connectivity index (χ2v) is 4.36. The molecule has 0 radical (unpaired) electrons. The third-order valence-corrected chi connectivity index (χ3v) is 3.04. The second-order valence-electron chi connectivity index (χ2n) is 4.36. The van der Waals surface area contributed by atoms with Crippen LogP contribution in [0.1, 0.15) is 23.4 Å². The molecule has 1 fully saturated rings. The van der Waals surface area contributed by atoms with Crippen molar-refractivity contribution < 1.29 is 18.7 Å². The maximum atomic E-state index is 12.1. The number of ether oxygens (including phenoxy) is 2. The van der Waals surface area contributed by atoms with Gasteiger partial charge in [-0.05, 0) is 25.0 Å². The number of carbonyl (C=O) groups is 1. The maximum absolute atomic E-state index is 12.1. The van der Waals surface area contributed by atoms with Crippen LogP contribution in [0.25, 0.3) is 0 Å². The molecule has 5 heteroatoms. The third-order valence-electron chi connectivity index (χ3n) is 3.04. The number of carbonyl (C=O) groups excluding carboxylic acids is 1. The molecule has 0 bridgehead atoms. The average molecular weight is 253 g/mol. The van der Waals surface area contributed by atoms with Gasteiger partial charge in [0, 0.05) is 20.2 Å². The van der Waals surface area contributed by atoms with Crippen LogP contribution >= 0.6 is 0 Å². The molecule has 5 nitrogen and oxygen atoms in total. The van der Waals surface area contributed by atoms with Crippen molar-refractivity contribution in [1.82, 2.24) is 4.90 Å². The summed E-state index contributed by atoms with van der Waals surface area (Å²) in [6, 6.07) is 3.42. The van der Waals surface area contributed by atoms with Crippen LogP contribution in [0, 0.1) is 0 Å². The van der Waals surface area contributed by atoms with Crippen LogP contribution in [0.3, 0.4) is 0 Å². The Labute approximate surface area is 107 Å². The Morgan fingerprint density at radius 1 is 1.56 bits per heavy atom. The number of amides is 1. The quantitative estimate of drug-likeness (QED) is 0.747. The molecule has 0 aromatic carbocycles. The number of likely N-dealkylation sites (tertiary alicyclic amines) is 1. The number of rotatable bonds is 5. The van der Waals surface area contributed by atoms with E-state index in [4.69, 9.17) is 13.9 Å². The van der Waals surface area contributed by atoms with Gasteiger partial charge in [-0.15, -0.1) is 0 Å². The van der Waals surface area contributed by atoms with Gasteiger partial charge in [0.15, 0.2) is 5.76 Å². The molecule has 1 aromatic rings. The molecule has 0 saturated carbocycles. The van der Waals surface area contributed by atoms with Gasteiger partial charge in [0.2, 0.25) is 0 Å². The van der Waals surface area contributed by atoms with Crippen LogP contribution in [-0.4, -0.2) is 50.3 Å². The van der Waals surface area contributed by atoms with Crippen molar-refractivity contribution in [1.29, 1.82) is 0 Å². The Kier molecular flexibility index (Phi) is 4.78. The summed E-state index contributed by atoms with van der Waals surface area (Å²) in [5.74, 6) is 0.340. The van der Waals surface area contributed by atoms with Crippen molar-refractivity contribution in [2.75, 3.05) is 33.4 Å². The van der Waals surface area contributed by atoms with Gasteiger partial charge in [-0.25, -0.2) is 0 Å². The fourth-order valence-electron chi connectivity index (χ4n) is 2.11. The van der Waals surface area contributed by atoms with Crippen molar-refractivity contribution in [2.24, 2.45) is 0 Å². The van der Waals surface area contributed by atoms with E-state index in [1.807, 2.05) is 0 Å². The highest BCUT2D eigenvalue weighted by atomic mass is 16.5. The highest BCUT2D eigenvalue weighted by molar-refractivity contribution is 5.91. The Bertz CT molecular complexity index is 363. The SMILES string of the molecule is COCCOC1CCCN(C(=O)c2ccco2)C1. The molecule has 1 aliphatic heterocycles. The van der Waals surface area contributed by atoms with Crippen LogP contribution in [0.2, 0.25) is 0 Å². The summed E-state index contributed by atoms with van der Waals surface area (Å²) in [4.78, 5) is 13.9. The van der Waals surface area contributed by atoms with E-state index in [2.05, 4.69) is 0 Å². The average Bonchev–Trinajstić information content (AvgIpc) is 2.92. The predicted octanol–water partition coefficient (Wildman–Crippen LogP) is 1.55. The van der Waals surface area contributed by atoms with Crippen LogP contribution in [0.15, 0.2) is 22.8 Å². The van der Waals surface area contributed by atoms with Gasteiger partial charge in [-0.1, -0.05) is 0 Å². The molecule has 1 aromatic heterocycles. The molecular formula is C13H19NO4. The van der Waals surface area contributed by atoms with Crippen LogP contribution < -0.4 is 0 Å². The fourth-order valence-corrected chi connectivity index (χ4v) is 2.11. The first-order valence-corrected chi connectivity index (χ1v) is 6.24. The standard InChI is InChI=1S/C13H19NO4/c1-16-8-9-17-11-4-2-6-14(10-11)13(15)12-5-3-7-18-12/h3,5,7,11H,2,4,6,8-10H2,1H3. The molecule has 0 N–H and O–H groups in total. The van der Waals surface area contributed by atoms with Crippen molar-refractivity contribution >= 4 is 5.91 Å². The minimum Gasteiger partial charge on any atom is -0.459 e. The molecule has 2 heterocycles. The Hall–Kier alpha value is -1.33. The zero-order chi connectivity index (χ0) is 12.8. The van der Waals surface area contributed by atoms with Crippen molar-refractivity contribution in [2.45, 2.75) is 18.9 Å². The Morgan fingerprint density at radius 3 is 3.17 bits per heavy atom. The van der Waals surface area contributed by atoms with E-state index in [1.54, 1.807) is 24.1 Å². The lowest BCUT2D eigenvalue weighted by Gasteiger charge is -2.32. The topological polar surface area (TPSA) is 51.9 Å². The number of hydrogen-bond donors (Lipinski definition) is 0. The van der Waals surface area contributed by atoms with E-state index in [0.29, 0.717) is 25.5 Å². The highest BCUT2D eigenvalue weighted by Crippen LogP contribution is 2.16. The largest absolute Gasteiger partial charge is 0.459 e. The van der Waals surface area contributed by atoms with Crippen LogP contribution in [0.4, 0.5) is 0 Å². The van der Waals surface area contributed by atoms with Crippen molar-refractivity contribution in [3.63, 3.8) is 0 Å². The van der Waals surface area contributed by atoms with Gasteiger partial charge >= 0.3 is 0 Å². The number of nitrogens with zero attached hydrogens (tertiary/aromatic N) is 1. The summed E-state index contributed by atoms with van der Waals surface area (Å²) < 4.78 is 15.7. The first-order chi connectivity index (χ1) is 8.81. The lowest BCUT2D eigenvalue weighted by atomic mass is 10.1. The molecule has 1 unspecified atom stereocenters. The molecule has 100 valence electrons. The van der Waals surface area contributed by atoms with E-state index in [9.17, 15) is 4.79 Å². The van der Waals surface area contributed by atoms with Gasteiger partial charge in [0.05, 0.1) is 25.6 Å². The van der Waals surface area contributed by atoms with Crippen molar-refractivity contribution in [3.8, 4) is 0 Å². The third kappa shape index (κ3) is 3.34. The van der Waals surface area contributed by atoms with E-state index in [0.717, 1.165) is 19.4 Å². The molecule has 2 rings (SSSR count). The summed E-state index contributed by atoms with van der Waals surface area (Å²) in [5, 5.41) is 0. The highest BCUT2D eigenvalue weighted by Gasteiger charge is 2.26. The summed E-state index contributed by atoms with van der Waals surface area (Å²) in [5.41, 5.74) is 0. The second kappa shape index (κ2) is 6.56. The minimum atomic E-state index is -0.0555. The van der Waals surface area contributed by atoms with Gasteiger partial charge in [-0.3, -0.25) is 4.79 Å². The van der Waals surface area contributed by atoms with E-state index < -0.39 is 0 Å². The molecular weight excluding hydrogens is 234 g/mol. The number of methoxy groups -OCH3 is 1. The van der Waals surface area contributed by atoms with Gasteiger partial charge < -0.3 is 18.8 Å². The fraction of sp³-hybridized carbons (Fsp3) is 0.615. The zero-order valence-electron chi connectivity index (χ0n) is 10.6. The summed E-state index contributed by atoms with van der Waals surface area (Å²) in [7, 11) is 1.65. The van der Waals surface area contributed by atoms with Crippen molar-refractivity contribution in [3.05, 3.63) is 24.2 Å². The van der Waals surface area contributed by atoms with Gasteiger partial charge in [-0.2, -0.15) is 0 Å². The summed E-state index contributed by atoms with van der Waals surface area (Å²) >= 11 is 0. The molecule has 0 spiro atoms. The molecule has 1 aliphatic rings. The van der Waals surface area contributed by atoms with Crippen LogP contribution in [0.5, 0.6) is 0 Å². The molecule has 18 heavy (non-hydrogen) atoms. The molecule has 1 saturated heterocycles. The zero-order valence-corrected chi connectivity index (χ0v) is 10.6. The lowest BCUT2D eigenvalue weighted by molar-refractivity contribution is -0.0177. The normalized spacial score (nSPS) is 20.1. The number of furan rings is 1. The van der Waals surface area contributed by atoms with Gasteiger partial charge in [0.25, 0.3) is 5.91 Å². The predicted molar refractivity (Wildman–Crippen MR) is 65.5 cm³/mol. The Morgan fingerprint density at radius 2 is 2.44 bits per heavy atom. The Balaban J connectivity index is 1.84. The first-order valence-electron chi connectivity index (χ1n) is 6.24. The smallest absolute Gasteiger partial charge is 0.289 e. The maximum Gasteiger partial charge on any atom is 0.289 e. The van der Waals surface area contributed by atoms with E-state index >= 15 is 0 Å². The molecule has 1 atom stereocenters. The first kappa shape index (κ1) is 13.1. The number of piperidine rings is 1. The molecule has 0 aliphatic carbocycles. The minimum absolute atomic E-state index is 0.0555. The molecule has 1 amide bonds. The van der Waals surface area contributed by atoms with Crippen LogP contribution in [-0.2, 0) is 9.47 Å². The number of hydrogen-bond acceptors (Lipinski definition) is 4.